The first kappa shape index (κ1) is 20.7. The summed E-state index contributed by atoms with van der Waals surface area (Å²) in [5.74, 6) is 0.902. The summed E-state index contributed by atoms with van der Waals surface area (Å²) in [6.45, 7) is 3.33. The van der Waals surface area contributed by atoms with Crippen LogP contribution in [0.2, 0.25) is 0 Å². The van der Waals surface area contributed by atoms with Crippen molar-refractivity contribution in [3.8, 4) is 11.3 Å². The van der Waals surface area contributed by atoms with Gasteiger partial charge in [0.25, 0.3) is 5.56 Å². The van der Waals surface area contributed by atoms with Gasteiger partial charge < -0.3 is 9.88 Å². The van der Waals surface area contributed by atoms with Gasteiger partial charge in [-0.2, -0.15) is 0 Å². The van der Waals surface area contributed by atoms with E-state index in [4.69, 9.17) is 4.98 Å². The predicted octanol–water partition coefficient (Wildman–Crippen LogP) is 4.32. The van der Waals surface area contributed by atoms with Gasteiger partial charge in [0.1, 0.15) is 6.54 Å². The predicted molar refractivity (Wildman–Crippen MR) is 128 cm³/mol. The van der Waals surface area contributed by atoms with Gasteiger partial charge >= 0.3 is 0 Å². The summed E-state index contributed by atoms with van der Waals surface area (Å²) in [6.07, 6.45) is 16.7. The average Bonchev–Trinajstić information content (AvgIpc) is 2.80. The van der Waals surface area contributed by atoms with Crippen LogP contribution in [0.4, 0.5) is 0 Å². The number of H-pyrrole nitrogens is 1. The molecule has 1 aromatic carbocycles. The Bertz CT molecular complexity index is 1040. The molecular formula is C28H38N3O+. The number of hydrogen-bond donors (Lipinski definition) is 2. The van der Waals surface area contributed by atoms with Gasteiger partial charge in [-0.3, -0.25) is 4.79 Å². The van der Waals surface area contributed by atoms with E-state index in [1.54, 1.807) is 4.90 Å². The second-order valence-electron chi connectivity index (χ2n) is 11.4. The Balaban J connectivity index is 1.35. The Kier molecular flexibility index (Phi) is 5.24. The van der Waals surface area contributed by atoms with Crippen molar-refractivity contribution in [2.45, 2.75) is 95.4 Å². The van der Waals surface area contributed by atoms with Crippen molar-refractivity contribution in [2.24, 2.45) is 5.41 Å². The molecular weight excluding hydrogens is 394 g/mol. The first-order valence-corrected chi connectivity index (χ1v) is 13.2. The van der Waals surface area contributed by atoms with E-state index in [0.29, 0.717) is 5.41 Å². The lowest BCUT2D eigenvalue weighted by atomic mass is 9.62. The normalized spacial score (nSPS) is 25.9. The molecule has 2 aromatic rings. The second kappa shape index (κ2) is 8.13. The number of piperidine rings is 1. The van der Waals surface area contributed by atoms with Crippen LogP contribution in [0, 0.1) is 5.41 Å². The van der Waals surface area contributed by atoms with E-state index in [2.05, 4.69) is 29.2 Å². The molecule has 32 heavy (non-hydrogen) atoms. The summed E-state index contributed by atoms with van der Waals surface area (Å²) < 4.78 is 0. The summed E-state index contributed by atoms with van der Waals surface area (Å²) in [7, 11) is 0. The molecule has 4 heteroatoms. The van der Waals surface area contributed by atoms with E-state index < -0.39 is 0 Å². The Morgan fingerprint density at radius 3 is 2.44 bits per heavy atom. The van der Waals surface area contributed by atoms with E-state index in [0.717, 1.165) is 42.9 Å². The van der Waals surface area contributed by atoms with Crippen LogP contribution in [0.3, 0.4) is 0 Å². The Morgan fingerprint density at radius 1 is 0.906 bits per heavy atom. The highest BCUT2D eigenvalue weighted by Crippen LogP contribution is 2.48. The fraction of sp³-hybridized carbons (Fsp3) is 0.643. The number of benzene rings is 1. The van der Waals surface area contributed by atoms with Crippen molar-refractivity contribution >= 4 is 0 Å². The molecule has 1 aliphatic heterocycles. The van der Waals surface area contributed by atoms with Gasteiger partial charge in [-0.15, -0.1) is 0 Å². The molecule has 2 saturated carbocycles. The molecule has 1 atom stereocenters. The van der Waals surface area contributed by atoms with Crippen LogP contribution >= 0.6 is 0 Å². The van der Waals surface area contributed by atoms with Crippen molar-refractivity contribution in [3.63, 3.8) is 0 Å². The van der Waals surface area contributed by atoms with Crippen molar-refractivity contribution in [3.05, 3.63) is 51.6 Å². The Hall–Kier alpha value is -1.94. The minimum absolute atomic E-state index is 0.00874. The maximum Gasteiger partial charge on any atom is 0.255 e. The Morgan fingerprint density at radius 2 is 1.62 bits per heavy atom. The number of nitrogens with zero attached hydrogens (tertiary/aromatic N) is 1. The summed E-state index contributed by atoms with van der Waals surface area (Å²) in [6, 6.07) is 8.70. The number of aromatic amines is 1. The summed E-state index contributed by atoms with van der Waals surface area (Å²) >= 11 is 0. The van der Waals surface area contributed by atoms with Crippen LogP contribution in [0.5, 0.6) is 0 Å². The molecule has 2 heterocycles. The minimum Gasteiger partial charge on any atom is -0.328 e. The van der Waals surface area contributed by atoms with Crippen molar-refractivity contribution in [2.75, 3.05) is 13.1 Å². The molecule has 170 valence electrons. The summed E-state index contributed by atoms with van der Waals surface area (Å²) in [4.78, 5) is 23.7. The molecule has 3 fully saturated rings. The zero-order chi connectivity index (χ0) is 21.6. The molecule has 4 aliphatic rings. The van der Waals surface area contributed by atoms with E-state index >= 15 is 0 Å². The molecule has 0 bridgehead atoms. The van der Waals surface area contributed by atoms with Gasteiger partial charge in [0.05, 0.1) is 24.3 Å². The van der Waals surface area contributed by atoms with Crippen LogP contribution in [0.25, 0.3) is 11.3 Å². The number of hydrogen-bond acceptors (Lipinski definition) is 2. The number of fused-ring (bicyclic) bond motifs is 4. The minimum atomic E-state index is -0.00874. The number of likely N-dealkylation sites (tertiary alicyclic amines) is 1. The molecule has 1 saturated heterocycles. The molecule has 4 nitrogen and oxygen atoms in total. The topological polar surface area (TPSA) is 50.2 Å². The van der Waals surface area contributed by atoms with Gasteiger partial charge in [0, 0.05) is 16.4 Å². The van der Waals surface area contributed by atoms with Crippen molar-refractivity contribution in [1.29, 1.82) is 0 Å². The van der Waals surface area contributed by atoms with Crippen LogP contribution < -0.4 is 10.5 Å². The average molecular weight is 433 g/mol. The highest BCUT2D eigenvalue weighted by atomic mass is 16.1. The lowest BCUT2D eigenvalue weighted by molar-refractivity contribution is -0.927. The molecule has 2 N–H and O–H groups in total. The number of quaternary nitrogens is 1. The first-order valence-electron chi connectivity index (χ1n) is 13.2. The van der Waals surface area contributed by atoms with E-state index in [-0.39, 0.29) is 11.0 Å². The monoisotopic (exact) mass is 432 g/mol. The lowest BCUT2D eigenvalue weighted by Crippen LogP contribution is -3.13. The number of rotatable bonds is 2. The van der Waals surface area contributed by atoms with Gasteiger partial charge in [-0.25, -0.2) is 4.98 Å². The zero-order valence-electron chi connectivity index (χ0n) is 19.5. The van der Waals surface area contributed by atoms with Crippen LogP contribution in [0.1, 0.15) is 94.0 Å². The van der Waals surface area contributed by atoms with Crippen LogP contribution in [-0.2, 0) is 18.4 Å². The summed E-state index contributed by atoms with van der Waals surface area (Å²) in [5.41, 5.74) is 5.27. The van der Waals surface area contributed by atoms with E-state index in [1.807, 2.05) is 0 Å². The molecule has 1 aromatic heterocycles. The smallest absolute Gasteiger partial charge is 0.255 e. The van der Waals surface area contributed by atoms with Crippen molar-refractivity contribution < 1.29 is 4.90 Å². The standard InChI is InChI=1S/C28H37N3O/c32-26-24-25(22-11-4-3-10-21(22)18-28(24)15-7-2-8-16-28)29-23(30-26)19-31-17-9-14-27(20-31)12-5-1-6-13-27/h3-4,10-11H,1-2,5-9,12-20H2,(H,29,30,32)/p+1. The molecule has 1 unspecified atom stereocenters. The van der Waals surface area contributed by atoms with Crippen LogP contribution in [-0.4, -0.2) is 23.1 Å². The Labute approximate surface area is 191 Å². The third-order valence-electron chi connectivity index (χ3n) is 9.30. The zero-order valence-corrected chi connectivity index (χ0v) is 19.5. The van der Waals surface area contributed by atoms with Gasteiger partial charge in [-0.05, 0) is 50.5 Å². The van der Waals surface area contributed by atoms with E-state index in [1.165, 1.54) is 88.4 Å². The molecule has 3 aliphatic carbocycles. The van der Waals surface area contributed by atoms with Gasteiger partial charge in [0.2, 0.25) is 0 Å². The molecule has 0 radical (unpaired) electrons. The quantitative estimate of drug-likeness (QED) is 0.742. The van der Waals surface area contributed by atoms with Gasteiger partial charge in [-0.1, -0.05) is 62.8 Å². The van der Waals surface area contributed by atoms with Crippen LogP contribution in [0.15, 0.2) is 29.1 Å². The second-order valence-corrected chi connectivity index (χ2v) is 11.4. The third-order valence-corrected chi connectivity index (χ3v) is 9.30. The maximum atomic E-state index is 13.6. The lowest BCUT2D eigenvalue weighted by Gasteiger charge is -2.43. The third kappa shape index (κ3) is 3.55. The van der Waals surface area contributed by atoms with Crippen molar-refractivity contribution in [1.82, 2.24) is 9.97 Å². The highest BCUT2D eigenvalue weighted by molar-refractivity contribution is 5.71. The molecule has 6 rings (SSSR count). The fourth-order valence-electron chi connectivity index (χ4n) is 7.84. The summed E-state index contributed by atoms with van der Waals surface area (Å²) in [5, 5.41) is 0. The highest BCUT2D eigenvalue weighted by Gasteiger charge is 2.43. The maximum absolute atomic E-state index is 13.6. The molecule has 2 spiro atoms. The fourth-order valence-corrected chi connectivity index (χ4v) is 7.84. The number of nitrogens with one attached hydrogen (secondary N) is 2. The SMILES string of the molecule is O=c1[nH]c(C[NH+]2CCCC3(CCCCC3)C2)nc2c1C1(CCCCC1)Cc1ccccc1-2. The largest absolute Gasteiger partial charge is 0.328 e. The van der Waals surface area contributed by atoms with E-state index in [9.17, 15) is 4.79 Å². The first-order chi connectivity index (χ1) is 15.7. The van der Waals surface area contributed by atoms with Gasteiger partial charge in [0.15, 0.2) is 5.82 Å². The number of aromatic nitrogens is 2. The molecule has 0 amide bonds.